The van der Waals surface area contributed by atoms with Crippen LogP contribution in [0.3, 0.4) is 0 Å². The third kappa shape index (κ3) is 8.16. The SMILES string of the molecule is CCCCC(C)(C)[C@H](O)/C=C/[C@@H]1[C@@H](CC=CCCCC(=O)O)[C@H](O)C[C@H]1O. The molecular formula is C22H38O5. The molecule has 4 N–H and O–H groups in total. The Morgan fingerprint density at radius 3 is 2.52 bits per heavy atom. The van der Waals surface area contributed by atoms with Crippen molar-refractivity contribution in [1.29, 1.82) is 0 Å². The number of carboxylic acids is 1. The van der Waals surface area contributed by atoms with Gasteiger partial charge in [-0.1, -0.05) is 57.9 Å². The average Bonchev–Trinajstić information content (AvgIpc) is 2.86. The molecule has 0 aromatic heterocycles. The highest BCUT2D eigenvalue weighted by atomic mass is 16.4. The Morgan fingerprint density at radius 1 is 1.19 bits per heavy atom. The van der Waals surface area contributed by atoms with E-state index in [-0.39, 0.29) is 23.7 Å². The molecule has 156 valence electrons. The molecule has 0 unspecified atom stereocenters. The molecule has 0 saturated heterocycles. The molecule has 1 rings (SSSR count). The van der Waals surface area contributed by atoms with Gasteiger partial charge in [0.25, 0.3) is 0 Å². The lowest BCUT2D eigenvalue weighted by Crippen LogP contribution is -2.28. The predicted octanol–water partition coefficient (Wildman–Crippen LogP) is 3.68. The number of hydrogen-bond donors (Lipinski definition) is 4. The van der Waals surface area contributed by atoms with Crippen molar-refractivity contribution in [1.82, 2.24) is 0 Å². The van der Waals surface area contributed by atoms with Crippen molar-refractivity contribution < 1.29 is 25.2 Å². The van der Waals surface area contributed by atoms with Crippen LogP contribution in [0.2, 0.25) is 0 Å². The van der Waals surface area contributed by atoms with E-state index in [0.29, 0.717) is 25.7 Å². The molecule has 27 heavy (non-hydrogen) atoms. The number of aliphatic carboxylic acids is 1. The predicted molar refractivity (Wildman–Crippen MR) is 107 cm³/mol. The van der Waals surface area contributed by atoms with Crippen LogP contribution in [-0.2, 0) is 4.79 Å². The zero-order chi connectivity index (χ0) is 20.4. The van der Waals surface area contributed by atoms with E-state index in [2.05, 4.69) is 20.8 Å². The highest BCUT2D eigenvalue weighted by molar-refractivity contribution is 5.66. The molecule has 5 heteroatoms. The number of carboxylic acid groups (broad SMARTS) is 1. The van der Waals surface area contributed by atoms with Crippen molar-refractivity contribution in [3.8, 4) is 0 Å². The van der Waals surface area contributed by atoms with Gasteiger partial charge in [-0.2, -0.15) is 0 Å². The normalized spacial score (nSPS) is 27.6. The summed E-state index contributed by atoms with van der Waals surface area (Å²) in [5.74, 6) is -1.05. The standard InChI is InChI=1S/C22H38O5/c1-4-5-14-22(2,3)20(25)13-12-17-16(18(23)15-19(17)24)10-8-6-7-9-11-21(26)27/h6,8,12-13,16-20,23-25H,4-5,7,9-11,14-15H2,1-3H3,(H,26,27)/b8-6?,13-12+/t16-,17-,18-,19-,20-/m1/s1. The van der Waals surface area contributed by atoms with E-state index in [9.17, 15) is 20.1 Å². The van der Waals surface area contributed by atoms with Crippen LogP contribution in [0.4, 0.5) is 0 Å². The zero-order valence-electron chi connectivity index (χ0n) is 17.1. The summed E-state index contributed by atoms with van der Waals surface area (Å²) in [4.78, 5) is 10.5. The van der Waals surface area contributed by atoms with Gasteiger partial charge in [0.05, 0.1) is 18.3 Å². The maximum Gasteiger partial charge on any atom is 0.303 e. The van der Waals surface area contributed by atoms with Gasteiger partial charge in [-0.05, 0) is 37.0 Å². The topological polar surface area (TPSA) is 98.0 Å². The fraction of sp³-hybridized carbons (Fsp3) is 0.773. The van der Waals surface area contributed by atoms with Crippen LogP contribution in [0.5, 0.6) is 0 Å². The second-order valence-corrected chi connectivity index (χ2v) is 8.53. The molecule has 5 nitrogen and oxygen atoms in total. The van der Waals surface area contributed by atoms with Crippen LogP contribution in [0.1, 0.15) is 72.1 Å². The van der Waals surface area contributed by atoms with Crippen molar-refractivity contribution >= 4 is 5.97 Å². The Morgan fingerprint density at radius 2 is 1.89 bits per heavy atom. The summed E-state index contributed by atoms with van der Waals surface area (Å²) in [6.07, 6.45) is 11.4. The monoisotopic (exact) mass is 382 g/mol. The Bertz CT molecular complexity index is 497. The molecule has 1 saturated carbocycles. The van der Waals surface area contributed by atoms with Crippen LogP contribution in [-0.4, -0.2) is 44.7 Å². The molecular weight excluding hydrogens is 344 g/mol. The number of carbonyl (C=O) groups is 1. The number of aliphatic hydroxyl groups excluding tert-OH is 3. The van der Waals surface area contributed by atoms with E-state index >= 15 is 0 Å². The van der Waals surface area contributed by atoms with Crippen molar-refractivity contribution in [2.45, 2.75) is 90.4 Å². The first-order chi connectivity index (χ1) is 12.7. The molecule has 0 bridgehead atoms. The first kappa shape index (κ1) is 23.9. The maximum atomic E-state index is 10.5. The van der Waals surface area contributed by atoms with E-state index in [1.165, 1.54) is 0 Å². The van der Waals surface area contributed by atoms with Crippen LogP contribution >= 0.6 is 0 Å². The molecule has 0 radical (unpaired) electrons. The number of hydrogen-bond acceptors (Lipinski definition) is 4. The van der Waals surface area contributed by atoms with Gasteiger partial charge in [0.1, 0.15) is 0 Å². The fourth-order valence-corrected chi connectivity index (χ4v) is 3.72. The molecule has 0 aromatic rings. The van der Waals surface area contributed by atoms with Gasteiger partial charge in [-0.15, -0.1) is 0 Å². The van der Waals surface area contributed by atoms with Crippen molar-refractivity contribution in [3.05, 3.63) is 24.3 Å². The Kier molecular flexibility index (Phi) is 10.3. The fourth-order valence-electron chi connectivity index (χ4n) is 3.72. The van der Waals surface area contributed by atoms with Crippen molar-refractivity contribution in [2.75, 3.05) is 0 Å². The number of aliphatic hydroxyl groups is 3. The molecule has 1 aliphatic carbocycles. The second-order valence-electron chi connectivity index (χ2n) is 8.53. The van der Waals surface area contributed by atoms with E-state index in [4.69, 9.17) is 5.11 Å². The summed E-state index contributed by atoms with van der Waals surface area (Å²) in [6, 6.07) is 0. The summed E-state index contributed by atoms with van der Waals surface area (Å²) < 4.78 is 0. The molecule has 1 fully saturated rings. The Balaban J connectivity index is 2.62. The third-order valence-corrected chi connectivity index (χ3v) is 5.74. The summed E-state index contributed by atoms with van der Waals surface area (Å²) in [5, 5.41) is 39.7. The Labute approximate surface area is 163 Å². The summed E-state index contributed by atoms with van der Waals surface area (Å²) in [5.41, 5.74) is -0.214. The molecule has 0 aliphatic heterocycles. The minimum Gasteiger partial charge on any atom is -0.481 e. The van der Waals surface area contributed by atoms with Gasteiger partial charge in [0, 0.05) is 18.8 Å². The first-order valence-corrected chi connectivity index (χ1v) is 10.3. The lowest BCUT2D eigenvalue weighted by Gasteiger charge is -2.29. The number of unbranched alkanes of at least 4 members (excludes halogenated alkanes) is 2. The van der Waals surface area contributed by atoms with Gasteiger partial charge in [0.15, 0.2) is 0 Å². The largest absolute Gasteiger partial charge is 0.481 e. The molecule has 0 amide bonds. The Hall–Kier alpha value is -1.17. The molecule has 5 atom stereocenters. The quantitative estimate of drug-likeness (QED) is 0.305. The second kappa shape index (κ2) is 11.6. The van der Waals surface area contributed by atoms with E-state index in [1.807, 2.05) is 18.2 Å². The molecule has 0 spiro atoms. The zero-order valence-corrected chi connectivity index (χ0v) is 17.1. The highest BCUT2D eigenvalue weighted by Gasteiger charge is 2.39. The lowest BCUT2D eigenvalue weighted by atomic mass is 9.80. The van der Waals surface area contributed by atoms with Crippen LogP contribution in [0, 0.1) is 17.3 Å². The van der Waals surface area contributed by atoms with Gasteiger partial charge in [-0.3, -0.25) is 4.79 Å². The van der Waals surface area contributed by atoms with Crippen molar-refractivity contribution in [2.24, 2.45) is 17.3 Å². The van der Waals surface area contributed by atoms with Gasteiger partial charge >= 0.3 is 5.97 Å². The summed E-state index contributed by atoms with van der Waals surface area (Å²) >= 11 is 0. The van der Waals surface area contributed by atoms with Crippen LogP contribution < -0.4 is 0 Å². The van der Waals surface area contributed by atoms with E-state index in [1.54, 1.807) is 6.08 Å². The minimum absolute atomic E-state index is 0.0853. The van der Waals surface area contributed by atoms with Crippen molar-refractivity contribution in [3.63, 3.8) is 0 Å². The third-order valence-electron chi connectivity index (χ3n) is 5.74. The number of allylic oxidation sites excluding steroid dienone is 2. The minimum atomic E-state index is -0.789. The number of rotatable bonds is 12. The summed E-state index contributed by atoms with van der Waals surface area (Å²) in [6.45, 7) is 6.23. The van der Waals surface area contributed by atoms with E-state index in [0.717, 1.165) is 19.3 Å². The van der Waals surface area contributed by atoms with Crippen LogP contribution in [0.15, 0.2) is 24.3 Å². The van der Waals surface area contributed by atoms with Crippen LogP contribution in [0.25, 0.3) is 0 Å². The molecule has 1 aliphatic rings. The van der Waals surface area contributed by atoms with Gasteiger partial charge in [0.2, 0.25) is 0 Å². The first-order valence-electron chi connectivity index (χ1n) is 10.3. The molecule has 0 aromatic carbocycles. The highest BCUT2D eigenvalue weighted by Crippen LogP contribution is 2.37. The summed E-state index contributed by atoms with van der Waals surface area (Å²) in [7, 11) is 0. The average molecular weight is 383 g/mol. The maximum absolute atomic E-state index is 10.5. The molecule has 0 heterocycles. The van der Waals surface area contributed by atoms with Gasteiger partial charge in [-0.25, -0.2) is 0 Å². The smallest absolute Gasteiger partial charge is 0.303 e. The van der Waals surface area contributed by atoms with Gasteiger partial charge < -0.3 is 20.4 Å². The van der Waals surface area contributed by atoms with E-state index < -0.39 is 24.3 Å². The lowest BCUT2D eigenvalue weighted by molar-refractivity contribution is -0.137.